The zero-order chi connectivity index (χ0) is 12.8. The molecule has 1 aromatic heterocycles. The van der Waals surface area contributed by atoms with Crippen molar-refractivity contribution in [2.45, 2.75) is 13.1 Å². The van der Waals surface area contributed by atoms with Crippen LogP contribution in [0, 0.1) is 0 Å². The van der Waals surface area contributed by atoms with Crippen LogP contribution in [0.15, 0.2) is 42.5 Å². The SMILES string of the molecule is COc1cccc(CNCc2cccc(Cl)c2)n1. The maximum Gasteiger partial charge on any atom is 0.213 e. The summed E-state index contributed by atoms with van der Waals surface area (Å²) in [5.74, 6) is 0.636. The molecule has 0 unspecified atom stereocenters. The summed E-state index contributed by atoms with van der Waals surface area (Å²) in [6.07, 6.45) is 0. The van der Waals surface area contributed by atoms with Crippen molar-refractivity contribution in [3.63, 3.8) is 0 Å². The summed E-state index contributed by atoms with van der Waals surface area (Å²) in [5, 5.41) is 4.08. The molecule has 2 rings (SSSR count). The molecule has 0 aliphatic rings. The molecule has 0 aliphatic carbocycles. The Kier molecular flexibility index (Phi) is 4.56. The van der Waals surface area contributed by atoms with E-state index in [0.29, 0.717) is 12.4 Å². The first-order valence-corrected chi connectivity index (χ1v) is 6.11. The molecule has 0 fully saturated rings. The number of pyridine rings is 1. The van der Waals surface area contributed by atoms with Crippen LogP contribution in [0.4, 0.5) is 0 Å². The number of benzene rings is 1. The second kappa shape index (κ2) is 6.38. The normalized spacial score (nSPS) is 10.3. The van der Waals surface area contributed by atoms with E-state index in [-0.39, 0.29) is 0 Å². The highest BCUT2D eigenvalue weighted by molar-refractivity contribution is 6.30. The Morgan fingerprint density at radius 3 is 2.78 bits per heavy atom. The number of rotatable bonds is 5. The molecule has 1 N–H and O–H groups in total. The van der Waals surface area contributed by atoms with Gasteiger partial charge in [0.2, 0.25) is 5.88 Å². The Labute approximate surface area is 112 Å². The molecule has 18 heavy (non-hydrogen) atoms. The lowest BCUT2D eigenvalue weighted by Gasteiger charge is -2.06. The van der Waals surface area contributed by atoms with Crippen molar-refractivity contribution in [1.29, 1.82) is 0 Å². The zero-order valence-corrected chi connectivity index (χ0v) is 10.9. The van der Waals surface area contributed by atoms with Crippen molar-refractivity contribution in [2.24, 2.45) is 0 Å². The topological polar surface area (TPSA) is 34.1 Å². The number of ether oxygens (including phenoxy) is 1. The van der Waals surface area contributed by atoms with Crippen molar-refractivity contribution >= 4 is 11.6 Å². The first-order valence-electron chi connectivity index (χ1n) is 5.73. The Hall–Kier alpha value is -1.58. The van der Waals surface area contributed by atoms with Crippen LogP contribution in [-0.2, 0) is 13.1 Å². The predicted molar refractivity (Wildman–Crippen MR) is 72.8 cm³/mol. The Bertz CT molecular complexity index is 517. The molecule has 0 amide bonds. The van der Waals surface area contributed by atoms with Gasteiger partial charge in [0.05, 0.1) is 12.8 Å². The molecule has 94 valence electrons. The van der Waals surface area contributed by atoms with E-state index in [1.807, 2.05) is 42.5 Å². The average Bonchev–Trinajstić information content (AvgIpc) is 2.39. The van der Waals surface area contributed by atoms with Crippen molar-refractivity contribution in [3.8, 4) is 5.88 Å². The van der Waals surface area contributed by atoms with Gasteiger partial charge >= 0.3 is 0 Å². The largest absolute Gasteiger partial charge is 0.481 e. The Morgan fingerprint density at radius 1 is 1.17 bits per heavy atom. The maximum absolute atomic E-state index is 5.92. The molecule has 4 heteroatoms. The number of nitrogens with one attached hydrogen (secondary N) is 1. The van der Waals surface area contributed by atoms with Crippen LogP contribution in [0.3, 0.4) is 0 Å². The fourth-order valence-corrected chi connectivity index (χ4v) is 1.86. The van der Waals surface area contributed by atoms with Crippen LogP contribution >= 0.6 is 11.6 Å². The van der Waals surface area contributed by atoms with Crippen molar-refractivity contribution in [2.75, 3.05) is 7.11 Å². The van der Waals surface area contributed by atoms with Gasteiger partial charge in [0.25, 0.3) is 0 Å². The fraction of sp³-hybridized carbons (Fsp3) is 0.214. The van der Waals surface area contributed by atoms with Gasteiger partial charge in [-0.3, -0.25) is 0 Å². The number of hydrogen-bond acceptors (Lipinski definition) is 3. The lowest BCUT2D eigenvalue weighted by atomic mass is 10.2. The number of methoxy groups -OCH3 is 1. The van der Waals surface area contributed by atoms with Crippen LogP contribution in [0.2, 0.25) is 5.02 Å². The van der Waals surface area contributed by atoms with E-state index in [4.69, 9.17) is 16.3 Å². The summed E-state index contributed by atoms with van der Waals surface area (Å²) < 4.78 is 5.08. The first-order chi connectivity index (χ1) is 8.78. The van der Waals surface area contributed by atoms with Gasteiger partial charge in [0.15, 0.2) is 0 Å². The third kappa shape index (κ3) is 3.72. The average molecular weight is 263 g/mol. The number of hydrogen-bond donors (Lipinski definition) is 1. The van der Waals surface area contributed by atoms with E-state index in [0.717, 1.165) is 22.8 Å². The lowest BCUT2D eigenvalue weighted by molar-refractivity contribution is 0.395. The highest BCUT2D eigenvalue weighted by Crippen LogP contribution is 2.11. The third-order valence-corrected chi connectivity index (χ3v) is 2.75. The van der Waals surface area contributed by atoms with E-state index in [1.165, 1.54) is 0 Å². The predicted octanol–water partition coefficient (Wildman–Crippen LogP) is 3.03. The quantitative estimate of drug-likeness (QED) is 0.899. The van der Waals surface area contributed by atoms with Gasteiger partial charge in [0.1, 0.15) is 0 Å². The summed E-state index contributed by atoms with van der Waals surface area (Å²) in [6, 6.07) is 13.5. The molecule has 3 nitrogen and oxygen atoms in total. The Balaban J connectivity index is 1.88. The van der Waals surface area contributed by atoms with E-state index in [2.05, 4.69) is 10.3 Å². The summed E-state index contributed by atoms with van der Waals surface area (Å²) in [5.41, 5.74) is 2.11. The van der Waals surface area contributed by atoms with E-state index < -0.39 is 0 Å². The number of nitrogens with zero attached hydrogens (tertiary/aromatic N) is 1. The van der Waals surface area contributed by atoms with E-state index in [1.54, 1.807) is 7.11 Å². The van der Waals surface area contributed by atoms with Crippen LogP contribution < -0.4 is 10.1 Å². The summed E-state index contributed by atoms with van der Waals surface area (Å²) >= 11 is 5.92. The lowest BCUT2D eigenvalue weighted by Crippen LogP contribution is -2.13. The molecule has 0 atom stereocenters. The van der Waals surface area contributed by atoms with Gasteiger partial charge in [0, 0.05) is 24.2 Å². The fourth-order valence-electron chi connectivity index (χ4n) is 1.65. The molecule has 0 saturated heterocycles. The third-order valence-electron chi connectivity index (χ3n) is 2.51. The molecule has 1 heterocycles. The van der Waals surface area contributed by atoms with Gasteiger partial charge in [-0.2, -0.15) is 0 Å². The molecule has 0 saturated carbocycles. The van der Waals surface area contributed by atoms with Crippen LogP contribution in [-0.4, -0.2) is 12.1 Å². The summed E-state index contributed by atoms with van der Waals surface area (Å²) in [6.45, 7) is 1.46. The van der Waals surface area contributed by atoms with Crippen LogP contribution in [0.25, 0.3) is 0 Å². The maximum atomic E-state index is 5.92. The molecular formula is C14H15ClN2O. The van der Waals surface area contributed by atoms with Crippen molar-refractivity contribution in [1.82, 2.24) is 10.3 Å². The minimum absolute atomic E-state index is 0.636. The molecule has 0 aliphatic heterocycles. The van der Waals surface area contributed by atoms with Gasteiger partial charge in [-0.05, 0) is 23.8 Å². The monoisotopic (exact) mass is 262 g/mol. The van der Waals surface area contributed by atoms with Gasteiger partial charge in [-0.1, -0.05) is 29.8 Å². The molecule has 2 aromatic rings. The van der Waals surface area contributed by atoms with E-state index in [9.17, 15) is 0 Å². The van der Waals surface area contributed by atoms with E-state index >= 15 is 0 Å². The minimum atomic E-state index is 0.636. The second-order valence-electron chi connectivity index (χ2n) is 3.90. The molecule has 0 radical (unpaired) electrons. The summed E-state index contributed by atoms with van der Waals surface area (Å²) in [4.78, 5) is 4.33. The van der Waals surface area contributed by atoms with Gasteiger partial charge in [-0.25, -0.2) is 4.98 Å². The molecule has 0 spiro atoms. The number of aromatic nitrogens is 1. The van der Waals surface area contributed by atoms with Crippen LogP contribution in [0.5, 0.6) is 5.88 Å². The van der Waals surface area contributed by atoms with Gasteiger partial charge < -0.3 is 10.1 Å². The Morgan fingerprint density at radius 2 is 2.00 bits per heavy atom. The number of halogens is 1. The highest BCUT2D eigenvalue weighted by Gasteiger charge is 1.98. The molecule has 0 bridgehead atoms. The first kappa shape index (κ1) is 12.9. The van der Waals surface area contributed by atoms with Crippen molar-refractivity contribution in [3.05, 3.63) is 58.7 Å². The standard InChI is InChI=1S/C14H15ClN2O/c1-18-14-7-3-6-13(17-14)10-16-9-11-4-2-5-12(15)8-11/h2-8,16H,9-10H2,1H3. The minimum Gasteiger partial charge on any atom is -0.481 e. The second-order valence-corrected chi connectivity index (χ2v) is 4.34. The highest BCUT2D eigenvalue weighted by atomic mass is 35.5. The smallest absolute Gasteiger partial charge is 0.213 e. The van der Waals surface area contributed by atoms with Crippen LogP contribution in [0.1, 0.15) is 11.3 Å². The molecular weight excluding hydrogens is 248 g/mol. The summed E-state index contributed by atoms with van der Waals surface area (Å²) in [7, 11) is 1.62. The zero-order valence-electron chi connectivity index (χ0n) is 10.2. The van der Waals surface area contributed by atoms with Gasteiger partial charge in [-0.15, -0.1) is 0 Å². The molecule has 1 aromatic carbocycles. The van der Waals surface area contributed by atoms with Crippen molar-refractivity contribution < 1.29 is 4.74 Å².